The highest BCUT2D eigenvalue weighted by Gasteiger charge is 2.43. The number of aromatic amines is 1. The number of aliphatic hydroxyl groups is 1. The zero-order valence-corrected chi connectivity index (χ0v) is 15.3. The minimum atomic E-state index is -1.23. The Morgan fingerprint density at radius 2 is 1.96 bits per heavy atom. The first kappa shape index (κ1) is 18.2. The summed E-state index contributed by atoms with van der Waals surface area (Å²) in [6.07, 6.45) is 1.46. The van der Waals surface area contributed by atoms with Crippen LogP contribution in [-0.4, -0.2) is 40.6 Å². The molecule has 0 unspecified atom stereocenters. The van der Waals surface area contributed by atoms with Crippen molar-refractivity contribution in [1.82, 2.24) is 9.88 Å². The van der Waals surface area contributed by atoms with Crippen LogP contribution in [0.5, 0.6) is 5.75 Å². The molecular formula is C20H24N2O4. The Morgan fingerprint density at radius 1 is 1.27 bits per heavy atom. The molecule has 1 aliphatic heterocycles. The number of rotatable bonds is 4. The highest BCUT2D eigenvalue weighted by Crippen LogP contribution is 2.35. The van der Waals surface area contributed by atoms with Crippen LogP contribution in [0, 0.1) is 6.92 Å². The number of ether oxygens (including phenoxy) is 1. The average Bonchev–Trinajstić information content (AvgIpc) is 3.12. The molecular weight excluding hydrogens is 332 g/mol. The smallest absolute Gasteiger partial charge is 0.260 e. The molecule has 0 bridgehead atoms. The molecule has 3 rings (SSSR count). The highest BCUT2D eigenvalue weighted by molar-refractivity contribution is 5.94. The van der Waals surface area contributed by atoms with Crippen LogP contribution in [0.2, 0.25) is 0 Å². The summed E-state index contributed by atoms with van der Waals surface area (Å²) < 4.78 is 5.16. The van der Waals surface area contributed by atoms with Gasteiger partial charge < -0.3 is 19.7 Å². The Balaban J connectivity index is 1.91. The van der Waals surface area contributed by atoms with Gasteiger partial charge in [0.2, 0.25) is 0 Å². The van der Waals surface area contributed by atoms with Crippen molar-refractivity contribution in [2.45, 2.75) is 38.3 Å². The number of H-pyrrole nitrogens is 1. The zero-order chi connectivity index (χ0) is 18.9. The van der Waals surface area contributed by atoms with Gasteiger partial charge in [-0.05, 0) is 56.5 Å². The second kappa shape index (κ2) is 6.96. The number of likely N-dealkylation sites (tertiary alicyclic amines) is 1. The van der Waals surface area contributed by atoms with Crippen molar-refractivity contribution >= 4 is 5.91 Å². The summed E-state index contributed by atoms with van der Waals surface area (Å²) in [7, 11) is 1.59. The SMILES string of the molecule is COc1ccc([C@](C)(O)[C@@H]2CCCN2C(=O)c2ccc(C)[nH]c2=O)cc1. The first-order chi connectivity index (χ1) is 12.3. The first-order valence-corrected chi connectivity index (χ1v) is 8.72. The average molecular weight is 356 g/mol. The van der Waals surface area contributed by atoms with Crippen LogP contribution in [-0.2, 0) is 5.60 Å². The number of methoxy groups -OCH3 is 1. The maximum atomic E-state index is 12.9. The number of carbonyl (C=O) groups excluding carboxylic acids is 1. The number of nitrogens with one attached hydrogen (secondary N) is 1. The van der Waals surface area contributed by atoms with Gasteiger partial charge in [0.15, 0.2) is 0 Å². The van der Waals surface area contributed by atoms with E-state index in [-0.39, 0.29) is 11.5 Å². The second-order valence-corrected chi connectivity index (χ2v) is 6.92. The summed E-state index contributed by atoms with van der Waals surface area (Å²) >= 11 is 0. The molecule has 1 fully saturated rings. The summed E-state index contributed by atoms with van der Waals surface area (Å²) in [6, 6.07) is 10.0. The molecule has 26 heavy (non-hydrogen) atoms. The number of hydrogen-bond donors (Lipinski definition) is 2. The number of hydrogen-bond acceptors (Lipinski definition) is 4. The highest BCUT2D eigenvalue weighted by atomic mass is 16.5. The fraction of sp³-hybridized carbons (Fsp3) is 0.400. The number of carbonyl (C=O) groups is 1. The molecule has 0 radical (unpaired) electrons. The van der Waals surface area contributed by atoms with Gasteiger partial charge in [-0.3, -0.25) is 9.59 Å². The molecule has 6 heteroatoms. The first-order valence-electron chi connectivity index (χ1n) is 8.72. The molecule has 1 amide bonds. The normalized spacial score (nSPS) is 19.2. The maximum Gasteiger partial charge on any atom is 0.260 e. The monoisotopic (exact) mass is 356 g/mol. The van der Waals surface area contributed by atoms with Crippen LogP contribution in [0.15, 0.2) is 41.2 Å². The van der Waals surface area contributed by atoms with Crippen LogP contribution < -0.4 is 10.3 Å². The van der Waals surface area contributed by atoms with Gasteiger partial charge in [-0.15, -0.1) is 0 Å². The van der Waals surface area contributed by atoms with Gasteiger partial charge in [0.1, 0.15) is 16.9 Å². The molecule has 1 aliphatic rings. The van der Waals surface area contributed by atoms with E-state index in [1.165, 1.54) is 0 Å². The largest absolute Gasteiger partial charge is 0.497 e. The van der Waals surface area contributed by atoms with E-state index < -0.39 is 17.2 Å². The van der Waals surface area contributed by atoms with Gasteiger partial charge in [0.25, 0.3) is 11.5 Å². The second-order valence-electron chi connectivity index (χ2n) is 6.92. The van der Waals surface area contributed by atoms with Crippen LogP contribution in [0.4, 0.5) is 0 Å². The molecule has 0 saturated carbocycles. The lowest BCUT2D eigenvalue weighted by Gasteiger charge is -2.37. The summed E-state index contributed by atoms with van der Waals surface area (Å²) in [5, 5.41) is 11.2. The zero-order valence-electron chi connectivity index (χ0n) is 15.3. The number of benzene rings is 1. The van der Waals surface area contributed by atoms with Gasteiger partial charge >= 0.3 is 0 Å². The molecule has 138 valence electrons. The summed E-state index contributed by atoms with van der Waals surface area (Å²) in [6.45, 7) is 4.00. The van der Waals surface area contributed by atoms with Crippen molar-refractivity contribution in [3.63, 3.8) is 0 Å². The molecule has 0 aliphatic carbocycles. The Labute approximate surface area is 152 Å². The Kier molecular flexibility index (Phi) is 4.87. The summed E-state index contributed by atoms with van der Waals surface area (Å²) in [4.78, 5) is 29.4. The topological polar surface area (TPSA) is 82.6 Å². The maximum absolute atomic E-state index is 12.9. The molecule has 2 N–H and O–H groups in total. The van der Waals surface area contributed by atoms with Crippen molar-refractivity contribution < 1.29 is 14.6 Å². The van der Waals surface area contributed by atoms with E-state index in [2.05, 4.69) is 4.98 Å². The summed E-state index contributed by atoms with van der Waals surface area (Å²) in [5.41, 5.74) is -0.107. The van der Waals surface area contributed by atoms with Crippen molar-refractivity contribution in [1.29, 1.82) is 0 Å². The van der Waals surface area contributed by atoms with Gasteiger partial charge in [-0.2, -0.15) is 0 Å². The fourth-order valence-electron chi connectivity index (χ4n) is 3.61. The molecule has 6 nitrogen and oxygen atoms in total. The van der Waals surface area contributed by atoms with Gasteiger partial charge in [-0.25, -0.2) is 0 Å². The van der Waals surface area contributed by atoms with E-state index in [4.69, 9.17) is 4.74 Å². The lowest BCUT2D eigenvalue weighted by Crippen LogP contribution is -2.49. The van der Waals surface area contributed by atoms with E-state index >= 15 is 0 Å². The number of aryl methyl sites for hydroxylation is 1. The third kappa shape index (κ3) is 3.24. The van der Waals surface area contributed by atoms with Crippen LogP contribution in [0.1, 0.15) is 41.4 Å². The van der Waals surface area contributed by atoms with Gasteiger partial charge in [0.05, 0.1) is 13.2 Å². The minimum absolute atomic E-state index is 0.105. The third-order valence-corrected chi connectivity index (χ3v) is 5.12. The number of amides is 1. The molecule has 2 aromatic rings. The number of nitrogens with zero attached hydrogens (tertiary/aromatic N) is 1. The van der Waals surface area contributed by atoms with E-state index in [9.17, 15) is 14.7 Å². The van der Waals surface area contributed by atoms with Crippen LogP contribution >= 0.6 is 0 Å². The van der Waals surface area contributed by atoms with Crippen molar-refractivity contribution in [3.05, 3.63) is 63.6 Å². The standard InChI is InChI=1S/C20H24N2O4/c1-13-6-11-16(18(23)21-13)19(24)22-12-4-5-17(22)20(2,25)14-7-9-15(26-3)10-8-14/h6-11,17,25H,4-5,12H2,1-3H3,(H,21,23)/t17-,20-/m0/s1. The Morgan fingerprint density at radius 3 is 2.58 bits per heavy atom. The van der Waals surface area contributed by atoms with Crippen molar-refractivity contribution in [3.8, 4) is 5.75 Å². The van der Waals surface area contributed by atoms with Gasteiger partial charge in [0, 0.05) is 12.2 Å². The lowest BCUT2D eigenvalue weighted by molar-refractivity contribution is -0.0178. The van der Waals surface area contributed by atoms with E-state index in [1.807, 2.05) is 0 Å². The fourth-order valence-corrected chi connectivity index (χ4v) is 3.61. The molecule has 0 spiro atoms. The third-order valence-electron chi connectivity index (χ3n) is 5.12. The van der Waals surface area contributed by atoms with Crippen LogP contribution in [0.3, 0.4) is 0 Å². The lowest BCUT2D eigenvalue weighted by atomic mass is 9.86. The van der Waals surface area contributed by atoms with E-state index in [0.717, 1.165) is 6.42 Å². The number of pyridine rings is 1. The molecule has 2 atom stereocenters. The van der Waals surface area contributed by atoms with Crippen molar-refractivity contribution in [2.24, 2.45) is 0 Å². The Bertz CT molecular complexity index is 855. The predicted octanol–water partition coefficient (Wildman–Crippen LogP) is 2.20. The Hall–Kier alpha value is -2.60. The quantitative estimate of drug-likeness (QED) is 0.880. The molecule has 1 aromatic heterocycles. The molecule has 1 aromatic carbocycles. The molecule has 1 saturated heterocycles. The van der Waals surface area contributed by atoms with E-state index in [1.54, 1.807) is 62.3 Å². The van der Waals surface area contributed by atoms with Gasteiger partial charge in [-0.1, -0.05) is 12.1 Å². The summed E-state index contributed by atoms with van der Waals surface area (Å²) in [5.74, 6) is 0.359. The van der Waals surface area contributed by atoms with Crippen LogP contribution in [0.25, 0.3) is 0 Å². The predicted molar refractivity (Wildman–Crippen MR) is 98.4 cm³/mol. The number of aromatic nitrogens is 1. The molecule has 2 heterocycles. The van der Waals surface area contributed by atoms with E-state index in [0.29, 0.717) is 30.0 Å². The minimum Gasteiger partial charge on any atom is -0.497 e. The van der Waals surface area contributed by atoms with Crippen molar-refractivity contribution in [2.75, 3.05) is 13.7 Å².